The zero-order valence-electron chi connectivity index (χ0n) is 8.45. The van der Waals surface area contributed by atoms with E-state index >= 15 is 0 Å². The number of carbonyl (C=O) groups is 1. The molecule has 15 heavy (non-hydrogen) atoms. The molecular formula is C13H13FO. The maximum atomic E-state index is 13.1. The Balaban J connectivity index is 1.98. The Morgan fingerprint density at radius 2 is 2.20 bits per heavy atom. The summed E-state index contributed by atoms with van der Waals surface area (Å²) in [5, 5.41) is 0. The van der Waals surface area contributed by atoms with Crippen molar-refractivity contribution in [1.29, 1.82) is 0 Å². The number of hydrogen-bond acceptors (Lipinski definition) is 1. The molecule has 1 atom stereocenters. The number of aldehydes is 1. The summed E-state index contributed by atoms with van der Waals surface area (Å²) in [6.07, 6.45) is 4.18. The first-order valence-electron chi connectivity index (χ1n) is 5.45. The van der Waals surface area contributed by atoms with Crippen LogP contribution < -0.4 is 0 Å². The third-order valence-electron chi connectivity index (χ3n) is 4.09. The minimum atomic E-state index is -0.197. The average molecular weight is 204 g/mol. The lowest BCUT2D eigenvalue weighted by Crippen LogP contribution is -2.32. The molecule has 1 aromatic rings. The molecule has 3 saturated carbocycles. The zero-order chi connectivity index (χ0) is 10.5. The van der Waals surface area contributed by atoms with Crippen LogP contribution in [0.2, 0.25) is 0 Å². The number of benzene rings is 1. The molecule has 0 spiro atoms. The molecule has 0 saturated heterocycles. The predicted molar refractivity (Wildman–Crippen MR) is 55.0 cm³/mol. The topological polar surface area (TPSA) is 17.1 Å². The van der Waals surface area contributed by atoms with Gasteiger partial charge in [0.15, 0.2) is 0 Å². The maximum Gasteiger partial charge on any atom is 0.126 e. The fraction of sp³-hybridized carbons (Fsp3) is 0.462. The predicted octanol–water partition coefficient (Wildman–Crippen LogP) is 2.91. The molecule has 1 nitrogen and oxygen atoms in total. The molecule has 0 amide bonds. The van der Waals surface area contributed by atoms with Crippen LogP contribution in [0.1, 0.15) is 30.7 Å². The minimum Gasteiger partial charge on any atom is -0.303 e. The van der Waals surface area contributed by atoms with Gasteiger partial charge in [0.25, 0.3) is 0 Å². The number of rotatable bonds is 2. The van der Waals surface area contributed by atoms with Gasteiger partial charge in [-0.3, -0.25) is 0 Å². The van der Waals surface area contributed by atoms with Crippen LogP contribution in [0.5, 0.6) is 0 Å². The van der Waals surface area contributed by atoms with Gasteiger partial charge in [-0.25, -0.2) is 4.39 Å². The molecule has 0 heterocycles. The van der Waals surface area contributed by atoms with E-state index in [1.54, 1.807) is 12.1 Å². The summed E-state index contributed by atoms with van der Waals surface area (Å²) in [6, 6.07) is 6.71. The molecule has 0 radical (unpaired) electrons. The van der Waals surface area contributed by atoms with E-state index in [1.165, 1.54) is 6.07 Å². The summed E-state index contributed by atoms with van der Waals surface area (Å²) in [4.78, 5) is 11.1. The van der Waals surface area contributed by atoms with Crippen LogP contribution in [0.15, 0.2) is 24.3 Å². The van der Waals surface area contributed by atoms with Crippen LogP contribution in [-0.4, -0.2) is 6.29 Å². The van der Waals surface area contributed by atoms with Crippen molar-refractivity contribution >= 4 is 6.29 Å². The standard InChI is InChI=1S/C13H13FO/c14-11-3-1-2-10(5-11)12-4-9-6-13(12,7-9)8-15/h1-3,5,8-9,12H,4,6-7H2/t9?,12-,13?/m0/s1. The van der Waals surface area contributed by atoms with Crippen molar-refractivity contribution in [3.63, 3.8) is 0 Å². The molecule has 1 aromatic carbocycles. The molecule has 0 N–H and O–H groups in total. The van der Waals surface area contributed by atoms with Crippen LogP contribution in [0.25, 0.3) is 0 Å². The van der Waals surface area contributed by atoms with Crippen molar-refractivity contribution in [2.24, 2.45) is 11.3 Å². The van der Waals surface area contributed by atoms with Crippen molar-refractivity contribution in [1.82, 2.24) is 0 Å². The smallest absolute Gasteiger partial charge is 0.126 e. The minimum absolute atomic E-state index is 0.154. The van der Waals surface area contributed by atoms with Crippen LogP contribution in [0.3, 0.4) is 0 Å². The summed E-state index contributed by atoms with van der Waals surface area (Å²) in [6.45, 7) is 0. The quantitative estimate of drug-likeness (QED) is 0.677. The molecule has 0 aromatic heterocycles. The molecule has 2 bridgehead atoms. The first-order chi connectivity index (χ1) is 7.23. The zero-order valence-corrected chi connectivity index (χ0v) is 8.45. The molecule has 0 aliphatic heterocycles. The second-order valence-corrected chi connectivity index (χ2v) is 4.97. The van der Waals surface area contributed by atoms with Gasteiger partial charge in [-0.05, 0) is 48.8 Å². The van der Waals surface area contributed by atoms with Gasteiger partial charge in [0.1, 0.15) is 12.1 Å². The van der Waals surface area contributed by atoms with Crippen LogP contribution in [0.4, 0.5) is 4.39 Å². The molecule has 0 unspecified atom stereocenters. The number of fused-ring (bicyclic) bond motifs is 1. The van der Waals surface area contributed by atoms with E-state index < -0.39 is 0 Å². The average Bonchev–Trinajstić information content (AvgIpc) is 2.71. The van der Waals surface area contributed by atoms with Crippen LogP contribution in [-0.2, 0) is 4.79 Å². The lowest BCUT2D eigenvalue weighted by atomic mass is 9.66. The fourth-order valence-electron chi connectivity index (χ4n) is 3.40. The highest BCUT2D eigenvalue weighted by Gasteiger charge is 2.57. The molecule has 3 aliphatic rings. The number of carbonyl (C=O) groups excluding carboxylic acids is 1. The monoisotopic (exact) mass is 204 g/mol. The van der Waals surface area contributed by atoms with Gasteiger partial charge < -0.3 is 4.79 Å². The largest absolute Gasteiger partial charge is 0.303 e. The Morgan fingerprint density at radius 1 is 1.40 bits per heavy atom. The molecule has 2 heteroatoms. The van der Waals surface area contributed by atoms with E-state index in [-0.39, 0.29) is 17.2 Å². The fourth-order valence-corrected chi connectivity index (χ4v) is 3.40. The van der Waals surface area contributed by atoms with E-state index in [4.69, 9.17) is 0 Å². The van der Waals surface area contributed by atoms with Crippen molar-refractivity contribution < 1.29 is 9.18 Å². The van der Waals surface area contributed by atoms with Gasteiger partial charge in [-0.2, -0.15) is 0 Å². The Labute approximate surface area is 88.3 Å². The highest BCUT2D eigenvalue weighted by molar-refractivity contribution is 5.65. The van der Waals surface area contributed by atoms with Gasteiger partial charge in [0.2, 0.25) is 0 Å². The lowest BCUT2D eigenvalue weighted by Gasteiger charge is -2.36. The molecule has 4 rings (SSSR count). The summed E-state index contributed by atoms with van der Waals surface area (Å²) in [7, 11) is 0. The van der Waals surface area contributed by atoms with E-state index in [0.717, 1.165) is 31.1 Å². The van der Waals surface area contributed by atoms with Gasteiger partial charge >= 0.3 is 0 Å². The Kier molecular flexibility index (Phi) is 1.76. The van der Waals surface area contributed by atoms with Crippen molar-refractivity contribution in [2.45, 2.75) is 25.2 Å². The third-order valence-corrected chi connectivity index (χ3v) is 4.09. The molecule has 3 aliphatic carbocycles. The van der Waals surface area contributed by atoms with Gasteiger partial charge in [0, 0.05) is 5.41 Å². The van der Waals surface area contributed by atoms with Crippen molar-refractivity contribution in [3.8, 4) is 0 Å². The summed E-state index contributed by atoms with van der Waals surface area (Å²) in [5.74, 6) is 0.761. The first-order valence-corrected chi connectivity index (χ1v) is 5.45. The Bertz CT molecular complexity index is 407. The summed E-state index contributed by atoms with van der Waals surface area (Å²) >= 11 is 0. The van der Waals surface area contributed by atoms with E-state index in [0.29, 0.717) is 5.92 Å². The van der Waals surface area contributed by atoms with Crippen molar-refractivity contribution in [2.75, 3.05) is 0 Å². The van der Waals surface area contributed by atoms with Gasteiger partial charge in [-0.1, -0.05) is 12.1 Å². The summed E-state index contributed by atoms with van der Waals surface area (Å²) < 4.78 is 13.1. The van der Waals surface area contributed by atoms with Crippen LogP contribution >= 0.6 is 0 Å². The van der Waals surface area contributed by atoms with E-state index in [1.807, 2.05) is 6.07 Å². The SMILES string of the molecule is O=CC12CC(C[C@H]1c1cccc(F)c1)C2. The lowest BCUT2D eigenvalue weighted by molar-refractivity contribution is -0.120. The number of hydrogen-bond donors (Lipinski definition) is 0. The highest BCUT2D eigenvalue weighted by Crippen LogP contribution is 2.64. The Hall–Kier alpha value is -1.18. The second kappa shape index (κ2) is 2.91. The van der Waals surface area contributed by atoms with Crippen LogP contribution in [0, 0.1) is 17.2 Å². The van der Waals surface area contributed by atoms with Crippen molar-refractivity contribution in [3.05, 3.63) is 35.6 Å². The first kappa shape index (κ1) is 9.08. The number of halogens is 1. The molecule has 3 fully saturated rings. The highest BCUT2D eigenvalue weighted by atomic mass is 19.1. The third kappa shape index (κ3) is 1.17. The normalized spacial score (nSPS) is 37.4. The maximum absolute atomic E-state index is 13.1. The Morgan fingerprint density at radius 3 is 2.87 bits per heavy atom. The van der Waals surface area contributed by atoms with E-state index in [2.05, 4.69) is 0 Å². The van der Waals surface area contributed by atoms with E-state index in [9.17, 15) is 9.18 Å². The summed E-state index contributed by atoms with van der Waals surface area (Å²) in [5.41, 5.74) is 0.848. The van der Waals surface area contributed by atoms with Gasteiger partial charge in [-0.15, -0.1) is 0 Å². The second-order valence-electron chi connectivity index (χ2n) is 4.97. The molecular weight excluding hydrogens is 191 g/mol. The van der Waals surface area contributed by atoms with Gasteiger partial charge in [0.05, 0.1) is 0 Å². The molecule has 78 valence electrons.